The van der Waals surface area contributed by atoms with Crippen molar-refractivity contribution in [1.29, 1.82) is 0 Å². The number of hydrogen-bond acceptors (Lipinski definition) is 3. The van der Waals surface area contributed by atoms with E-state index in [2.05, 4.69) is 5.32 Å². The molecule has 1 amide bonds. The average Bonchev–Trinajstić information content (AvgIpc) is 2.26. The summed E-state index contributed by atoms with van der Waals surface area (Å²) in [5.74, 6) is -1.91. The van der Waals surface area contributed by atoms with Gasteiger partial charge in [0.25, 0.3) is 5.91 Å². The van der Waals surface area contributed by atoms with E-state index in [0.717, 1.165) is 6.42 Å². The molecule has 96 valence electrons. The van der Waals surface area contributed by atoms with Gasteiger partial charge in [-0.15, -0.1) is 0 Å². The first-order chi connectivity index (χ1) is 8.44. The number of rotatable bonds is 3. The van der Waals surface area contributed by atoms with E-state index in [9.17, 15) is 14.7 Å². The molecule has 0 heterocycles. The minimum atomic E-state index is -1.20. The van der Waals surface area contributed by atoms with Crippen LogP contribution >= 0.6 is 11.6 Å². The fourth-order valence-corrected chi connectivity index (χ4v) is 2.07. The highest BCUT2D eigenvalue weighted by atomic mass is 35.5. The Morgan fingerprint density at radius 1 is 1.33 bits per heavy atom. The van der Waals surface area contributed by atoms with Gasteiger partial charge in [0, 0.05) is 5.02 Å². The molecule has 0 aromatic heterocycles. The minimum absolute atomic E-state index is 0.0185. The van der Waals surface area contributed by atoms with E-state index in [-0.39, 0.29) is 11.3 Å². The molecule has 1 aromatic rings. The van der Waals surface area contributed by atoms with Crippen LogP contribution in [0.4, 0.5) is 0 Å². The maximum atomic E-state index is 11.9. The third-order valence-electron chi connectivity index (χ3n) is 3.17. The number of nitrogens with one attached hydrogen (secondary N) is 1. The van der Waals surface area contributed by atoms with Gasteiger partial charge in [0.2, 0.25) is 0 Å². The van der Waals surface area contributed by atoms with Crippen molar-refractivity contribution in [2.24, 2.45) is 0 Å². The molecule has 2 rings (SSSR count). The summed E-state index contributed by atoms with van der Waals surface area (Å²) < 4.78 is 0. The number of phenols is 1. The smallest absolute Gasteiger partial charge is 0.329 e. The van der Waals surface area contributed by atoms with Crippen molar-refractivity contribution >= 4 is 23.5 Å². The van der Waals surface area contributed by atoms with Gasteiger partial charge in [-0.05, 0) is 37.5 Å². The molecule has 5 nitrogen and oxygen atoms in total. The lowest BCUT2D eigenvalue weighted by Crippen LogP contribution is -2.59. The van der Waals surface area contributed by atoms with Crippen molar-refractivity contribution < 1.29 is 19.8 Å². The summed E-state index contributed by atoms with van der Waals surface area (Å²) in [5, 5.41) is 21.4. The van der Waals surface area contributed by atoms with Gasteiger partial charge in [-0.2, -0.15) is 0 Å². The molecule has 0 radical (unpaired) electrons. The third-order valence-corrected chi connectivity index (χ3v) is 3.41. The first-order valence-electron chi connectivity index (χ1n) is 5.49. The first-order valence-corrected chi connectivity index (χ1v) is 5.87. The molecule has 1 aliphatic rings. The number of carboxylic acid groups (broad SMARTS) is 1. The molecule has 0 bridgehead atoms. The van der Waals surface area contributed by atoms with Crippen LogP contribution in [0.1, 0.15) is 29.6 Å². The van der Waals surface area contributed by atoms with Crippen molar-refractivity contribution in [2.45, 2.75) is 24.8 Å². The van der Waals surface area contributed by atoms with Gasteiger partial charge in [-0.1, -0.05) is 11.6 Å². The highest BCUT2D eigenvalue weighted by Gasteiger charge is 2.46. The number of aliphatic carboxylic acids is 1. The maximum absolute atomic E-state index is 11.9. The van der Waals surface area contributed by atoms with E-state index in [1.54, 1.807) is 0 Å². The Balaban J connectivity index is 2.22. The number of aromatic hydroxyl groups is 1. The van der Waals surface area contributed by atoms with Gasteiger partial charge in [0.1, 0.15) is 11.3 Å². The quantitative estimate of drug-likeness (QED) is 0.781. The lowest BCUT2D eigenvalue weighted by molar-refractivity contribution is -0.148. The van der Waals surface area contributed by atoms with Gasteiger partial charge < -0.3 is 15.5 Å². The average molecular weight is 270 g/mol. The minimum Gasteiger partial charge on any atom is -0.507 e. The second-order valence-corrected chi connectivity index (χ2v) is 4.79. The fourth-order valence-electron chi connectivity index (χ4n) is 1.90. The number of amides is 1. The summed E-state index contributed by atoms with van der Waals surface area (Å²) in [6, 6.07) is 4.05. The molecule has 0 spiro atoms. The topological polar surface area (TPSA) is 86.6 Å². The van der Waals surface area contributed by atoms with E-state index >= 15 is 0 Å². The Morgan fingerprint density at radius 3 is 2.50 bits per heavy atom. The summed E-state index contributed by atoms with van der Waals surface area (Å²) in [5.41, 5.74) is -1.22. The molecular formula is C12H12ClNO4. The van der Waals surface area contributed by atoms with Crippen LogP contribution in [0.15, 0.2) is 18.2 Å². The highest BCUT2D eigenvalue weighted by molar-refractivity contribution is 6.31. The van der Waals surface area contributed by atoms with Crippen LogP contribution in [0.5, 0.6) is 5.75 Å². The second kappa shape index (κ2) is 4.49. The summed E-state index contributed by atoms with van der Waals surface area (Å²) in [4.78, 5) is 23.1. The van der Waals surface area contributed by atoms with Gasteiger partial charge in [0.05, 0.1) is 5.56 Å². The number of hydrogen-bond donors (Lipinski definition) is 3. The lowest BCUT2D eigenvalue weighted by atomic mass is 9.76. The Morgan fingerprint density at radius 2 is 2.00 bits per heavy atom. The Kier molecular flexibility index (Phi) is 3.17. The number of halogens is 1. The lowest BCUT2D eigenvalue weighted by Gasteiger charge is -2.38. The van der Waals surface area contributed by atoms with Gasteiger partial charge >= 0.3 is 5.97 Å². The number of carbonyl (C=O) groups excluding carboxylic acids is 1. The van der Waals surface area contributed by atoms with E-state index in [0.29, 0.717) is 17.9 Å². The predicted molar refractivity (Wildman–Crippen MR) is 64.8 cm³/mol. The van der Waals surface area contributed by atoms with Crippen molar-refractivity contribution in [3.05, 3.63) is 28.8 Å². The zero-order valence-electron chi connectivity index (χ0n) is 9.44. The molecule has 1 saturated carbocycles. The monoisotopic (exact) mass is 269 g/mol. The Hall–Kier alpha value is -1.75. The van der Waals surface area contributed by atoms with E-state index < -0.39 is 17.4 Å². The second-order valence-electron chi connectivity index (χ2n) is 4.36. The van der Waals surface area contributed by atoms with Crippen LogP contribution in [0.25, 0.3) is 0 Å². The van der Waals surface area contributed by atoms with E-state index in [1.165, 1.54) is 18.2 Å². The number of benzene rings is 1. The summed E-state index contributed by atoms with van der Waals surface area (Å²) in [6.45, 7) is 0. The van der Waals surface area contributed by atoms with Crippen molar-refractivity contribution in [2.75, 3.05) is 0 Å². The van der Waals surface area contributed by atoms with Crippen LogP contribution in [0.2, 0.25) is 5.02 Å². The zero-order valence-corrected chi connectivity index (χ0v) is 10.2. The molecule has 18 heavy (non-hydrogen) atoms. The number of carboxylic acids is 1. The van der Waals surface area contributed by atoms with Crippen molar-refractivity contribution in [1.82, 2.24) is 5.32 Å². The molecule has 1 aromatic carbocycles. The van der Waals surface area contributed by atoms with Crippen LogP contribution in [-0.2, 0) is 4.79 Å². The highest BCUT2D eigenvalue weighted by Crippen LogP contribution is 2.33. The van der Waals surface area contributed by atoms with Gasteiger partial charge in [0.15, 0.2) is 0 Å². The molecule has 0 aliphatic heterocycles. The zero-order chi connectivity index (χ0) is 13.3. The first kappa shape index (κ1) is 12.7. The molecule has 0 atom stereocenters. The molecule has 0 unspecified atom stereocenters. The summed E-state index contributed by atoms with van der Waals surface area (Å²) >= 11 is 5.74. The molecule has 3 N–H and O–H groups in total. The van der Waals surface area contributed by atoms with Crippen molar-refractivity contribution in [3.8, 4) is 5.75 Å². The van der Waals surface area contributed by atoms with Crippen LogP contribution in [0, 0.1) is 0 Å². The summed E-state index contributed by atoms with van der Waals surface area (Å²) in [6.07, 6.45) is 1.55. The fraction of sp³-hybridized carbons (Fsp3) is 0.333. The van der Waals surface area contributed by atoms with Gasteiger partial charge in [-0.25, -0.2) is 4.79 Å². The Bertz CT molecular complexity index is 511. The van der Waals surface area contributed by atoms with Crippen LogP contribution in [0.3, 0.4) is 0 Å². The van der Waals surface area contributed by atoms with E-state index in [4.69, 9.17) is 16.7 Å². The Labute approximate surface area is 108 Å². The number of phenolic OH excluding ortho intramolecular Hbond substituents is 1. The number of carbonyl (C=O) groups is 2. The van der Waals surface area contributed by atoms with E-state index in [1.807, 2.05) is 0 Å². The van der Waals surface area contributed by atoms with Gasteiger partial charge in [-0.3, -0.25) is 4.79 Å². The van der Waals surface area contributed by atoms with Crippen LogP contribution in [-0.4, -0.2) is 27.6 Å². The maximum Gasteiger partial charge on any atom is 0.329 e. The molecule has 1 aliphatic carbocycles. The third kappa shape index (κ3) is 2.13. The molecular weight excluding hydrogens is 258 g/mol. The predicted octanol–water partition coefficient (Wildman–Crippen LogP) is 1.78. The summed E-state index contributed by atoms with van der Waals surface area (Å²) in [7, 11) is 0. The standard InChI is InChI=1S/C12H12ClNO4/c13-7-2-3-9(15)8(6-7)10(16)14-12(11(17)18)4-1-5-12/h2-3,6,15H,1,4-5H2,(H,14,16)(H,17,18). The van der Waals surface area contributed by atoms with Crippen LogP contribution < -0.4 is 5.32 Å². The van der Waals surface area contributed by atoms with Crippen molar-refractivity contribution in [3.63, 3.8) is 0 Å². The molecule has 0 saturated heterocycles. The molecule has 6 heteroatoms. The largest absolute Gasteiger partial charge is 0.507 e. The SMILES string of the molecule is O=C(NC1(C(=O)O)CCC1)c1cc(Cl)ccc1O. The molecule has 1 fully saturated rings. The normalized spacial score (nSPS) is 16.7.